The van der Waals surface area contributed by atoms with Gasteiger partial charge in [-0.2, -0.15) is 0 Å². The van der Waals surface area contributed by atoms with Crippen molar-refractivity contribution in [2.24, 2.45) is 5.92 Å². The van der Waals surface area contributed by atoms with E-state index in [-0.39, 0.29) is 11.2 Å². The molecule has 1 aromatic rings. The zero-order valence-corrected chi connectivity index (χ0v) is 10.9. The molecule has 100 valence electrons. The summed E-state index contributed by atoms with van der Waals surface area (Å²) >= 11 is 0. The molecule has 5 nitrogen and oxygen atoms in total. The third-order valence-corrected chi connectivity index (χ3v) is 3.44. The van der Waals surface area contributed by atoms with Gasteiger partial charge in [0.05, 0.1) is 0 Å². The number of hydrogen-bond acceptors (Lipinski definition) is 3. The summed E-state index contributed by atoms with van der Waals surface area (Å²) in [5.74, 6) is 0.390. The van der Waals surface area contributed by atoms with Gasteiger partial charge >= 0.3 is 5.69 Å². The van der Waals surface area contributed by atoms with Crippen LogP contribution in [0.2, 0.25) is 0 Å². The first kappa shape index (κ1) is 13.1. The van der Waals surface area contributed by atoms with E-state index in [4.69, 9.17) is 0 Å². The van der Waals surface area contributed by atoms with Gasteiger partial charge in [-0.3, -0.25) is 9.36 Å². The van der Waals surface area contributed by atoms with Crippen molar-refractivity contribution in [3.63, 3.8) is 0 Å². The fourth-order valence-corrected chi connectivity index (χ4v) is 2.47. The van der Waals surface area contributed by atoms with Crippen molar-refractivity contribution in [3.05, 3.63) is 33.1 Å². The minimum absolute atomic E-state index is 0.171. The SMILES string of the molecule is CCCn1ccc(=O)n(CC2CCCNC2)c1=O. The Hall–Kier alpha value is -1.36. The quantitative estimate of drug-likeness (QED) is 0.844. The van der Waals surface area contributed by atoms with Gasteiger partial charge in [-0.05, 0) is 38.3 Å². The van der Waals surface area contributed by atoms with E-state index >= 15 is 0 Å². The summed E-state index contributed by atoms with van der Waals surface area (Å²) in [4.78, 5) is 24.0. The maximum absolute atomic E-state index is 12.2. The van der Waals surface area contributed by atoms with Gasteiger partial charge in [0, 0.05) is 25.4 Å². The predicted molar refractivity (Wildman–Crippen MR) is 70.8 cm³/mol. The first-order valence-corrected chi connectivity index (χ1v) is 6.73. The Labute approximate surface area is 106 Å². The number of hydrogen-bond donors (Lipinski definition) is 1. The number of rotatable bonds is 4. The highest BCUT2D eigenvalue weighted by molar-refractivity contribution is 4.87. The molecule has 1 saturated heterocycles. The summed E-state index contributed by atoms with van der Waals surface area (Å²) in [5.41, 5.74) is -0.354. The van der Waals surface area contributed by atoms with E-state index in [9.17, 15) is 9.59 Å². The molecule has 1 atom stereocenters. The molecule has 1 N–H and O–H groups in total. The summed E-state index contributed by atoms with van der Waals surface area (Å²) in [5, 5.41) is 3.31. The number of aromatic nitrogens is 2. The lowest BCUT2D eigenvalue weighted by atomic mass is 10.00. The lowest BCUT2D eigenvalue weighted by molar-refractivity contribution is 0.325. The Balaban J connectivity index is 2.22. The van der Waals surface area contributed by atoms with Crippen LogP contribution in [0, 0.1) is 5.92 Å². The van der Waals surface area contributed by atoms with Crippen LogP contribution < -0.4 is 16.6 Å². The van der Waals surface area contributed by atoms with E-state index in [1.54, 1.807) is 10.8 Å². The molecule has 0 bridgehead atoms. The molecule has 0 aliphatic carbocycles. The highest BCUT2D eigenvalue weighted by Gasteiger charge is 2.15. The molecule has 2 heterocycles. The molecule has 1 aliphatic heterocycles. The summed E-state index contributed by atoms with van der Waals surface area (Å²) < 4.78 is 3.00. The summed E-state index contributed by atoms with van der Waals surface area (Å²) in [6.45, 7) is 5.17. The van der Waals surface area contributed by atoms with Gasteiger partial charge in [0.25, 0.3) is 5.56 Å². The Kier molecular flexibility index (Phi) is 4.36. The lowest BCUT2D eigenvalue weighted by Crippen LogP contribution is -2.43. The molecule has 1 aliphatic rings. The molecule has 0 aromatic carbocycles. The third-order valence-electron chi connectivity index (χ3n) is 3.44. The van der Waals surface area contributed by atoms with Crippen LogP contribution in [0.1, 0.15) is 26.2 Å². The van der Waals surface area contributed by atoms with Crippen LogP contribution in [0.15, 0.2) is 21.9 Å². The largest absolute Gasteiger partial charge is 0.330 e. The standard InChI is InChI=1S/C13H21N3O2/c1-2-7-15-8-5-12(17)16(13(15)18)10-11-4-3-6-14-9-11/h5,8,11,14H,2-4,6-7,9-10H2,1H3. The fourth-order valence-electron chi connectivity index (χ4n) is 2.47. The maximum Gasteiger partial charge on any atom is 0.330 e. The normalized spacial score (nSPS) is 19.9. The zero-order valence-electron chi connectivity index (χ0n) is 10.9. The van der Waals surface area contributed by atoms with Gasteiger partial charge in [0.2, 0.25) is 0 Å². The molecule has 5 heteroatoms. The van der Waals surface area contributed by atoms with Crippen molar-refractivity contribution in [2.45, 2.75) is 39.3 Å². The maximum atomic E-state index is 12.2. The molecule has 1 fully saturated rings. The molecule has 2 rings (SSSR count). The highest BCUT2D eigenvalue weighted by Crippen LogP contribution is 2.10. The van der Waals surface area contributed by atoms with Crippen LogP contribution in [0.4, 0.5) is 0 Å². The van der Waals surface area contributed by atoms with Crippen LogP contribution in [0.3, 0.4) is 0 Å². The van der Waals surface area contributed by atoms with Crippen molar-refractivity contribution < 1.29 is 0 Å². The van der Waals surface area contributed by atoms with Crippen LogP contribution in [0.25, 0.3) is 0 Å². The van der Waals surface area contributed by atoms with Gasteiger partial charge in [-0.15, -0.1) is 0 Å². The van der Waals surface area contributed by atoms with Gasteiger partial charge in [-0.1, -0.05) is 6.92 Å². The smallest absolute Gasteiger partial charge is 0.316 e. The van der Waals surface area contributed by atoms with E-state index in [2.05, 4.69) is 5.32 Å². The average molecular weight is 251 g/mol. The van der Waals surface area contributed by atoms with Crippen LogP contribution in [-0.4, -0.2) is 22.2 Å². The molecule has 0 spiro atoms. The molecule has 0 saturated carbocycles. The predicted octanol–water partition coefficient (Wildman–Crippen LogP) is 0.420. The Bertz CT molecular complexity index is 498. The van der Waals surface area contributed by atoms with Crippen molar-refractivity contribution in [2.75, 3.05) is 13.1 Å². The Morgan fingerprint density at radius 3 is 2.94 bits per heavy atom. The summed E-state index contributed by atoms with van der Waals surface area (Å²) in [6.07, 6.45) is 4.70. The number of nitrogens with one attached hydrogen (secondary N) is 1. The van der Waals surface area contributed by atoms with Gasteiger partial charge in [0.1, 0.15) is 0 Å². The monoisotopic (exact) mass is 251 g/mol. The van der Waals surface area contributed by atoms with E-state index in [0.717, 1.165) is 32.4 Å². The lowest BCUT2D eigenvalue weighted by Gasteiger charge is -2.23. The highest BCUT2D eigenvalue weighted by atomic mass is 16.2. The van der Waals surface area contributed by atoms with Gasteiger partial charge < -0.3 is 9.88 Å². The average Bonchev–Trinajstić information content (AvgIpc) is 2.39. The van der Waals surface area contributed by atoms with Crippen LogP contribution >= 0.6 is 0 Å². The van der Waals surface area contributed by atoms with Crippen molar-refractivity contribution in [1.82, 2.24) is 14.5 Å². The Morgan fingerprint density at radius 2 is 2.28 bits per heavy atom. The van der Waals surface area contributed by atoms with Crippen molar-refractivity contribution in [3.8, 4) is 0 Å². The molecule has 0 amide bonds. The second kappa shape index (κ2) is 6.00. The first-order chi connectivity index (χ1) is 8.72. The van der Waals surface area contributed by atoms with E-state index in [1.807, 2.05) is 6.92 Å². The zero-order chi connectivity index (χ0) is 13.0. The summed E-state index contributed by atoms with van der Waals surface area (Å²) in [7, 11) is 0. The summed E-state index contributed by atoms with van der Waals surface area (Å²) in [6, 6.07) is 1.49. The molecular weight excluding hydrogens is 230 g/mol. The third kappa shape index (κ3) is 2.90. The molecule has 0 radical (unpaired) electrons. The van der Waals surface area contributed by atoms with Gasteiger partial charge in [-0.25, -0.2) is 4.79 Å². The van der Waals surface area contributed by atoms with Crippen molar-refractivity contribution >= 4 is 0 Å². The molecule has 1 aromatic heterocycles. The molecular formula is C13H21N3O2. The number of nitrogens with zero attached hydrogens (tertiary/aromatic N) is 2. The number of aryl methyl sites for hydroxylation is 1. The van der Waals surface area contributed by atoms with Gasteiger partial charge in [0.15, 0.2) is 0 Å². The second-order valence-corrected chi connectivity index (χ2v) is 4.95. The minimum Gasteiger partial charge on any atom is -0.316 e. The van der Waals surface area contributed by atoms with E-state index < -0.39 is 0 Å². The van der Waals surface area contributed by atoms with E-state index in [0.29, 0.717) is 19.0 Å². The number of piperidine rings is 1. The molecule has 18 heavy (non-hydrogen) atoms. The fraction of sp³-hybridized carbons (Fsp3) is 0.692. The minimum atomic E-state index is -0.182. The second-order valence-electron chi connectivity index (χ2n) is 4.95. The van der Waals surface area contributed by atoms with Crippen LogP contribution in [0.5, 0.6) is 0 Å². The topological polar surface area (TPSA) is 56.0 Å². The molecule has 1 unspecified atom stereocenters. The van der Waals surface area contributed by atoms with Crippen molar-refractivity contribution in [1.29, 1.82) is 0 Å². The first-order valence-electron chi connectivity index (χ1n) is 6.73. The van der Waals surface area contributed by atoms with E-state index in [1.165, 1.54) is 10.6 Å². The Morgan fingerprint density at radius 1 is 1.44 bits per heavy atom. The van der Waals surface area contributed by atoms with Crippen LogP contribution in [-0.2, 0) is 13.1 Å².